The topological polar surface area (TPSA) is 74.8 Å². The lowest BCUT2D eigenvalue weighted by molar-refractivity contribution is 0.593. The average Bonchev–Trinajstić information content (AvgIpc) is 2.92. The van der Waals surface area contributed by atoms with Crippen molar-refractivity contribution < 1.29 is 8.42 Å². The molecule has 0 spiro atoms. The average molecular weight is 293 g/mol. The Morgan fingerprint density at radius 3 is 2.80 bits per heavy atom. The molecule has 1 aromatic heterocycles. The molecule has 1 unspecified atom stereocenters. The summed E-state index contributed by atoms with van der Waals surface area (Å²) in [4.78, 5) is 0. The highest BCUT2D eigenvalue weighted by Crippen LogP contribution is 2.20. The molecule has 0 aliphatic carbocycles. The minimum atomic E-state index is -2.97. The van der Waals surface area contributed by atoms with E-state index in [9.17, 15) is 8.42 Å². The molecule has 108 valence electrons. The molecule has 20 heavy (non-hydrogen) atoms. The first-order valence-corrected chi connectivity index (χ1v) is 8.39. The Labute approximate surface area is 119 Å². The van der Waals surface area contributed by atoms with E-state index in [4.69, 9.17) is 0 Å². The summed E-state index contributed by atoms with van der Waals surface area (Å²) in [6.07, 6.45) is 1.70. The van der Waals surface area contributed by atoms with Gasteiger partial charge in [0.15, 0.2) is 9.84 Å². The van der Waals surface area contributed by atoms with Crippen LogP contribution in [0.4, 0.5) is 5.69 Å². The van der Waals surface area contributed by atoms with Gasteiger partial charge in [-0.25, -0.2) is 8.42 Å². The van der Waals surface area contributed by atoms with Gasteiger partial charge in [-0.2, -0.15) is 5.10 Å². The van der Waals surface area contributed by atoms with Crippen LogP contribution in [-0.2, 0) is 9.84 Å². The van der Waals surface area contributed by atoms with Crippen molar-refractivity contribution in [1.29, 1.82) is 0 Å². The quantitative estimate of drug-likeness (QED) is 0.857. The number of hydrogen-bond acceptors (Lipinski definition) is 4. The van der Waals surface area contributed by atoms with E-state index >= 15 is 0 Å². The molecule has 5 nitrogen and oxygen atoms in total. The molecule has 1 aromatic carbocycles. The van der Waals surface area contributed by atoms with Crippen LogP contribution in [0.1, 0.15) is 13.8 Å². The maximum atomic E-state index is 11.6. The second kappa shape index (κ2) is 6.09. The van der Waals surface area contributed by atoms with Gasteiger partial charge in [0.2, 0.25) is 0 Å². The number of sulfone groups is 1. The summed E-state index contributed by atoms with van der Waals surface area (Å²) in [5.74, 6) is 0.311. The maximum Gasteiger partial charge on any atom is 0.152 e. The first kappa shape index (κ1) is 14.6. The normalized spacial score (nSPS) is 13.1. The molecule has 0 amide bonds. The minimum absolute atomic E-state index is 0.128. The molecule has 0 saturated carbocycles. The van der Waals surface area contributed by atoms with E-state index in [1.807, 2.05) is 37.3 Å². The van der Waals surface area contributed by atoms with Gasteiger partial charge >= 0.3 is 0 Å². The standard InChI is InChI=1S/C14H19N3O2S/c1-3-20(18,19)10-11(2)16-13-6-4-5-12(9-13)14-7-8-15-17-14/h4-9,11,16H,3,10H2,1-2H3,(H,15,17). The Balaban J connectivity index is 2.09. The largest absolute Gasteiger partial charge is 0.382 e. The molecule has 2 rings (SSSR count). The van der Waals surface area contributed by atoms with Crippen LogP contribution in [0, 0.1) is 0 Å². The van der Waals surface area contributed by atoms with Gasteiger partial charge in [-0.3, -0.25) is 5.10 Å². The molecular formula is C14H19N3O2S. The predicted octanol–water partition coefficient (Wildman–Crippen LogP) is 2.31. The van der Waals surface area contributed by atoms with Crippen LogP contribution < -0.4 is 5.32 Å². The third kappa shape index (κ3) is 3.84. The molecule has 0 aliphatic rings. The van der Waals surface area contributed by atoms with Crippen LogP contribution in [0.25, 0.3) is 11.3 Å². The third-order valence-electron chi connectivity index (χ3n) is 3.03. The Kier molecular flexibility index (Phi) is 4.44. The SMILES string of the molecule is CCS(=O)(=O)CC(C)Nc1cccc(-c2ccn[nH]2)c1. The first-order chi connectivity index (χ1) is 9.50. The van der Waals surface area contributed by atoms with Crippen LogP contribution in [-0.4, -0.2) is 36.2 Å². The molecule has 2 N–H and O–H groups in total. The summed E-state index contributed by atoms with van der Waals surface area (Å²) in [7, 11) is -2.97. The van der Waals surface area contributed by atoms with Crippen LogP contribution in [0.2, 0.25) is 0 Å². The molecule has 0 fully saturated rings. The molecule has 0 bridgehead atoms. The van der Waals surface area contributed by atoms with Crippen LogP contribution in [0.5, 0.6) is 0 Å². The van der Waals surface area contributed by atoms with Crippen molar-refractivity contribution in [1.82, 2.24) is 10.2 Å². The summed E-state index contributed by atoms with van der Waals surface area (Å²) in [6.45, 7) is 3.54. The fraction of sp³-hybridized carbons (Fsp3) is 0.357. The van der Waals surface area contributed by atoms with Crippen molar-refractivity contribution >= 4 is 15.5 Å². The minimum Gasteiger partial charge on any atom is -0.382 e. The number of hydrogen-bond donors (Lipinski definition) is 2. The van der Waals surface area contributed by atoms with Crippen molar-refractivity contribution in [3.8, 4) is 11.3 Å². The Hall–Kier alpha value is -1.82. The third-order valence-corrected chi connectivity index (χ3v) is 4.92. The van der Waals surface area contributed by atoms with Crippen molar-refractivity contribution in [2.45, 2.75) is 19.9 Å². The predicted molar refractivity (Wildman–Crippen MR) is 81.4 cm³/mol. The Bertz CT molecular complexity index is 651. The molecular weight excluding hydrogens is 274 g/mol. The number of nitrogens with zero attached hydrogens (tertiary/aromatic N) is 1. The van der Waals surface area contributed by atoms with Gasteiger partial charge in [0.25, 0.3) is 0 Å². The van der Waals surface area contributed by atoms with Gasteiger partial charge in [-0.1, -0.05) is 19.1 Å². The zero-order valence-electron chi connectivity index (χ0n) is 11.6. The second-order valence-electron chi connectivity index (χ2n) is 4.80. The van der Waals surface area contributed by atoms with Gasteiger partial charge < -0.3 is 5.32 Å². The van der Waals surface area contributed by atoms with Gasteiger partial charge in [0.1, 0.15) is 0 Å². The van der Waals surface area contributed by atoms with E-state index in [1.165, 1.54) is 0 Å². The maximum absolute atomic E-state index is 11.6. The van der Waals surface area contributed by atoms with Gasteiger partial charge in [-0.15, -0.1) is 0 Å². The second-order valence-corrected chi connectivity index (χ2v) is 7.19. The van der Waals surface area contributed by atoms with Gasteiger partial charge in [0.05, 0.1) is 11.4 Å². The van der Waals surface area contributed by atoms with Crippen LogP contribution in [0.3, 0.4) is 0 Å². The van der Waals surface area contributed by atoms with Crippen LogP contribution in [0.15, 0.2) is 36.5 Å². The highest BCUT2D eigenvalue weighted by atomic mass is 32.2. The highest BCUT2D eigenvalue weighted by molar-refractivity contribution is 7.91. The molecule has 0 radical (unpaired) electrons. The lowest BCUT2D eigenvalue weighted by atomic mass is 10.1. The van der Waals surface area contributed by atoms with Crippen molar-refractivity contribution in [2.24, 2.45) is 0 Å². The fourth-order valence-electron chi connectivity index (χ4n) is 2.02. The molecule has 0 saturated heterocycles. The van der Waals surface area contributed by atoms with Crippen LogP contribution >= 0.6 is 0 Å². The first-order valence-electron chi connectivity index (χ1n) is 6.57. The summed E-state index contributed by atoms with van der Waals surface area (Å²) in [5, 5.41) is 10.1. The van der Waals surface area contributed by atoms with E-state index in [1.54, 1.807) is 13.1 Å². The summed E-state index contributed by atoms with van der Waals surface area (Å²) < 4.78 is 23.2. The van der Waals surface area contributed by atoms with Gasteiger partial charge in [0, 0.05) is 29.2 Å². The Morgan fingerprint density at radius 1 is 1.35 bits per heavy atom. The Morgan fingerprint density at radius 2 is 2.15 bits per heavy atom. The van der Waals surface area contributed by atoms with Crippen molar-refractivity contribution in [3.05, 3.63) is 36.5 Å². The summed E-state index contributed by atoms with van der Waals surface area (Å²) in [6, 6.07) is 9.57. The van der Waals surface area contributed by atoms with E-state index in [-0.39, 0.29) is 17.5 Å². The summed E-state index contributed by atoms with van der Waals surface area (Å²) >= 11 is 0. The van der Waals surface area contributed by atoms with E-state index < -0.39 is 9.84 Å². The molecule has 6 heteroatoms. The van der Waals surface area contributed by atoms with Gasteiger partial charge in [-0.05, 0) is 25.1 Å². The van der Waals surface area contributed by atoms with E-state index in [0.29, 0.717) is 0 Å². The van der Waals surface area contributed by atoms with Crippen molar-refractivity contribution in [2.75, 3.05) is 16.8 Å². The number of anilines is 1. The number of aromatic nitrogens is 2. The zero-order chi connectivity index (χ0) is 14.6. The lowest BCUT2D eigenvalue weighted by Gasteiger charge is -2.15. The molecule has 0 aliphatic heterocycles. The molecule has 2 aromatic rings. The molecule has 1 atom stereocenters. The lowest BCUT2D eigenvalue weighted by Crippen LogP contribution is -2.26. The number of H-pyrrole nitrogens is 1. The fourth-order valence-corrected chi connectivity index (χ4v) is 3.10. The number of rotatable bonds is 6. The van der Waals surface area contributed by atoms with Crippen molar-refractivity contribution in [3.63, 3.8) is 0 Å². The highest BCUT2D eigenvalue weighted by Gasteiger charge is 2.13. The summed E-state index contributed by atoms with van der Waals surface area (Å²) in [5.41, 5.74) is 2.84. The molecule has 1 heterocycles. The smallest absolute Gasteiger partial charge is 0.152 e. The van der Waals surface area contributed by atoms with E-state index in [2.05, 4.69) is 15.5 Å². The zero-order valence-corrected chi connectivity index (χ0v) is 12.4. The van der Waals surface area contributed by atoms with E-state index in [0.717, 1.165) is 16.9 Å². The number of aromatic amines is 1. The number of benzene rings is 1. The monoisotopic (exact) mass is 293 g/mol. The number of nitrogens with one attached hydrogen (secondary N) is 2.